The van der Waals surface area contributed by atoms with Gasteiger partial charge in [0.25, 0.3) is 5.56 Å². The summed E-state index contributed by atoms with van der Waals surface area (Å²) in [6, 6.07) is 10.5. The van der Waals surface area contributed by atoms with E-state index in [1.54, 1.807) is 7.05 Å². The van der Waals surface area contributed by atoms with Crippen molar-refractivity contribution in [3.05, 3.63) is 56.7 Å². The second-order valence-electron chi connectivity index (χ2n) is 6.17. The third kappa shape index (κ3) is 3.26. The maximum atomic E-state index is 12.2. The van der Waals surface area contributed by atoms with Crippen LogP contribution in [0.3, 0.4) is 0 Å². The van der Waals surface area contributed by atoms with Gasteiger partial charge in [0.2, 0.25) is 5.82 Å². The Morgan fingerprint density at radius 3 is 2.46 bits per heavy atom. The van der Waals surface area contributed by atoms with E-state index < -0.39 is 11.2 Å². The van der Waals surface area contributed by atoms with E-state index in [2.05, 4.69) is 27.4 Å². The van der Waals surface area contributed by atoms with Gasteiger partial charge in [-0.25, -0.2) is 9.48 Å². The Labute approximate surface area is 140 Å². The summed E-state index contributed by atoms with van der Waals surface area (Å²) in [5.74, 6) is 0.208. The number of nitrogens with zero attached hydrogens (tertiary/aromatic N) is 4. The number of likely N-dealkylation sites (tertiary alicyclic amines) is 1. The lowest BCUT2D eigenvalue weighted by atomic mass is 10.1. The first-order valence-corrected chi connectivity index (χ1v) is 8.25. The number of anilines is 1. The molecule has 2 aromatic rings. The summed E-state index contributed by atoms with van der Waals surface area (Å²) in [4.78, 5) is 26.4. The monoisotopic (exact) mass is 329 g/mol. The Bertz CT molecular complexity index is 806. The fourth-order valence-corrected chi connectivity index (χ4v) is 3.19. The highest BCUT2D eigenvalue weighted by atomic mass is 16.2. The molecule has 1 fully saturated rings. The molecule has 1 saturated heterocycles. The number of hydrogen-bond acceptors (Lipinski definition) is 5. The number of hydrogen-bond donors (Lipinski definition) is 1. The molecule has 128 valence electrons. The average molecular weight is 329 g/mol. The zero-order chi connectivity index (χ0) is 17.1. The molecule has 0 bridgehead atoms. The van der Waals surface area contributed by atoms with Crippen LogP contribution in [0.5, 0.6) is 0 Å². The van der Waals surface area contributed by atoms with Gasteiger partial charge >= 0.3 is 5.69 Å². The molecule has 2 heterocycles. The van der Waals surface area contributed by atoms with Crippen LogP contribution in [-0.4, -0.2) is 38.9 Å². The van der Waals surface area contributed by atoms with E-state index in [-0.39, 0.29) is 11.9 Å². The number of aromatic nitrogens is 3. The van der Waals surface area contributed by atoms with E-state index in [9.17, 15) is 9.59 Å². The maximum Gasteiger partial charge on any atom is 0.346 e. The van der Waals surface area contributed by atoms with Crippen molar-refractivity contribution in [2.75, 3.05) is 25.0 Å². The number of rotatable bonds is 5. The Morgan fingerprint density at radius 2 is 1.79 bits per heavy atom. The first kappa shape index (κ1) is 16.4. The van der Waals surface area contributed by atoms with Crippen LogP contribution in [0.15, 0.2) is 39.9 Å². The van der Waals surface area contributed by atoms with Crippen molar-refractivity contribution in [2.24, 2.45) is 14.1 Å². The minimum Gasteiger partial charge on any atom is -0.362 e. The zero-order valence-corrected chi connectivity index (χ0v) is 14.1. The molecule has 0 saturated carbocycles. The van der Waals surface area contributed by atoms with E-state index in [0.717, 1.165) is 17.7 Å². The van der Waals surface area contributed by atoms with E-state index >= 15 is 0 Å². The molecule has 7 nitrogen and oxygen atoms in total. The van der Waals surface area contributed by atoms with Gasteiger partial charge in [0, 0.05) is 20.6 Å². The standard InChI is InChI=1S/C17H23N5O2/c1-20-16(23)15(19-21(2)17(20)24)18-12-14(22-10-6-7-11-22)13-8-4-3-5-9-13/h3-5,8-9,14H,6-7,10-12H2,1-2H3,(H,18,19). The van der Waals surface area contributed by atoms with E-state index in [0.29, 0.717) is 6.54 Å². The van der Waals surface area contributed by atoms with Crippen LogP contribution >= 0.6 is 0 Å². The fraction of sp³-hybridized carbons (Fsp3) is 0.471. The van der Waals surface area contributed by atoms with Crippen molar-refractivity contribution < 1.29 is 0 Å². The summed E-state index contributed by atoms with van der Waals surface area (Å²) in [5, 5.41) is 7.22. The van der Waals surface area contributed by atoms with Gasteiger partial charge in [-0.15, -0.1) is 5.10 Å². The molecule has 7 heteroatoms. The van der Waals surface area contributed by atoms with Gasteiger partial charge < -0.3 is 5.32 Å². The number of nitrogens with one attached hydrogen (secondary N) is 1. The second kappa shape index (κ2) is 7.00. The van der Waals surface area contributed by atoms with Crippen molar-refractivity contribution in [2.45, 2.75) is 18.9 Å². The van der Waals surface area contributed by atoms with Gasteiger partial charge in [-0.05, 0) is 31.5 Å². The predicted octanol–water partition coefficient (Wildman–Crippen LogP) is 0.728. The van der Waals surface area contributed by atoms with Crippen molar-refractivity contribution in [3.63, 3.8) is 0 Å². The van der Waals surface area contributed by atoms with Gasteiger partial charge in [0.1, 0.15) is 0 Å². The normalized spacial score (nSPS) is 16.2. The lowest BCUT2D eigenvalue weighted by Gasteiger charge is -2.28. The minimum absolute atomic E-state index is 0.178. The number of benzene rings is 1. The summed E-state index contributed by atoms with van der Waals surface area (Å²) in [6.45, 7) is 2.68. The topological polar surface area (TPSA) is 72.2 Å². The Balaban J connectivity index is 1.84. The van der Waals surface area contributed by atoms with Crippen molar-refractivity contribution in [3.8, 4) is 0 Å². The molecule has 0 radical (unpaired) electrons. The first-order valence-electron chi connectivity index (χ1n) is 8.25. The molecule has 1 unspecified atom stereocenters. The van der Waals surface area contributed by atoms with Crippen molar-refractivity contribution >= 4 is 5.82 Å². The predicted molar refractivity (Wildman–Crippen MR) is 93.2 cm³/mol. The molecule has 24 heavy (non-hydrogen) atoms. The molecule has 1 aliphatic rings. The highest BCUT2D eigenvalue weighted by molar-refractivity contribution is 5.31. The Hall–Kier alpha value is -2.41. The van der Waals surface area contributed by atoms with Gasteiger partial charge in [-0.3, -0.25) is 14.3 Å². The first-order chi connectivity index (χ1) is 11.6. The summed E-state index contributed by atoms with van der Waals surface area (Å²) in [7, 11) is 3.01. The lowest BCUT2D eigenvalue weighted by Crippen LogP contribution is -2.41. The Kier molecular flexibility index (Phi) is 4.80. The van der Waals surface area contributed by atoms with Gasteiger partial charge in [0.05, 0.1) is 6.04 Å². The Morgan fingerprint density at radius 1 is 1.12 bits per heavy atom. The third-order valence-electron chi connectivity index (χ3n) is 4.55. The van der Waals surface area contributed by atoms with Crippen LogP contribution in [0, 0.1) is 0 Å². The van der Waals surface area contributed by atoms with E-state index in [1.807, 2.05) is 18.2 Å². The minimum atomic E-state index is -0.426. The summed E-state index contributed by atoms with van der Waals surface area (Å²) >= 11 is 0. The molecule has 0 aliphatic carbocycles. The molecule has 0 amide bonds. The van der Waals surface area contributed by atoms with Gasteiger partial charge in [-0.2, -0.15) is 0 Å². The molecule has 0 spiro atoms. The average Bonchev–Trinajstić information content (AvgIpc) is 3.13. The smallest absolute Gasteiger partial charge is 0.346 e. The van der Waals surface area contributed by atoms with Crippen LogP contribution in [-0.2, 0) is 14.1 Å². The molecule has 1 aliphatic heterocycles. The molecular weight excluding hydrogens is 306 g/mol. The highest BCUT2D eigenvalue weighted by Crippen LogP contribution is 2.24. The fourth-order valence-electron chi connectivity index (χ4n) is 3.19. The molecule has 1 N–H and O–H groups in total. The summed E-state index contributed by atoms with van der Waals surface area (Å²) < 4.78 is 2.25. The van der Waals surface area contributed by atoms with Gasteiger partial charge in [0.15, 0.2) is 0 Å². The third-order valence-corrected chi connectivity index (χ3v) is 4.55. The van der Waals surface area contributed by atoms with E-state index in [4.69, 9.17) is 0 Å². The van der Waals surface area contributed by atoms with Crippen molar-refractivity contribution in [1.29, 1.82) is 0 Å². The molecule has 1 aromatic heterocycles. The molecular formula is C17H23N5O2. The van der Waals surface area contributed by atoms with Crippen LogP contribution in [0.1, 0.15) is 24.4 Å². The number of aryl methyl sites for hydroxylation is 1. The molecule has 1 aromatic carbocycles. The van der Waals surface area contributed by atoms with Crippen LogP contribution in [0.25, 0.3) is 0 Å². The van der Waals surface area contributed by atoms with Crippen LogP contribution in [0.2, 0.25) is 0 Å². The van der Waals surface area contributed by atoms with Crippen LogP contribution < -0.4 is 16.6 Å². The largest absolute Gasteiger partial charge is 0.362 e. The SMILES string of the molecule is Cn1nc(NCC(c2ccccc2)N2CCCC2)c(=O)n(C)c1=O. The van der Waals surface area contributed by atoms with E-state index in [1.165, 1.54) is 30.1 Å². The second-order valence-corrected chi connectivity index (χ2v) is 6.17. The van der Waals surface area contributed by atoms with Gasteiger partial charge in [-0.1, -0.05) is 30.3 Å². The zero-order valence-electron chi connectivity index (χ0n) is 14.1. The van der Waals surface area contributed by atoms with Crippen LogP contribution in [0.4, 0.5) is 5.82 Å². The quantitative estimate of drug-likeness (QED) is 0.875. The molecule has 3 rings (SSSR count). The maximum absolute atomic E-state index is 12.2. The summed E-state index contributed by atoms with van der Waals surface area (Å²) in [6.07, 6.45) is 2.40. The summed E-state index contributed by atoms with van der Waals surface area (Å²) in [5.41, 5.74) is 0.393. The lowest BCUT2D eigenvalue weighted by molar-refractivity contribution is 0.255. The molecule has 1 atom stereocenters. The van der Waals surface area contributed by atoms with Crippen molar-refractivity contribution in [1.82, 2.24) is 19.2 Å². The highest BCUT2D eigenvalue weighted by Gasteiger charge is 2.23.